The number of hydrogen-bond donors (Lipinski definition) is 1. The zero-order chi connectivity index (χ0) is 20.1. The van der Waals surface area contributed by atoms with Crippen LogP contribution in [0.15, 0.2) is 63.6 Å². The molecule has 0 aromatic heterocycles. The van der Waals surface area contributed by atoms with E-state index in [1.54, 1.807) is 30.4 Å². The number of carbonyl (C=O) groups is 1. The summed E-state index contributed by atoms with van der Waals surface area (Å²) in [6.07, 6.45) is 9.93. The van der Waals surface area contributed by atoms with Crippen LogP contribution in [0.5, 0.6) is 0 Å². The second kappa shape index (κ2) is 6.62. The zero-order valence-corrected chi connectivity index (χ0v) is 17.0. The first-order valence-electron chi connectivity index (χ1n) is 9.70. The van der Waals surface area contributed by atoms with Crippen molar-refractivity contribution in [2.45, 2.75) is 43.9 Å². The number of allylic oxidation sites excluding steroid dienone is 4. The summed E-state index contributed by atoms with van der Waals surface area (Å²) in [6.45, 7) is 1.89. The summed E-state index contributed by atoms with van der Waals surface area (Å²) in [6, 6.07) is 6.95. The molecule has 1 aromatic rings. The van der Waals surface area contributed by atoms with Crippen LogP contribution in [0, 0.1) is 11.3 Å². The largest absolute Gasteiger partial charge is 0.478 e. The van der Waals surface area contributed by atoms with Gasteiger partial charge in [-0.3, -0.25) is 0 Å². The number of fused-ring (bicyclic) bond motifs is 1. The fourth-order valence-corrected chi connectivity index (χ4v) is 6.40. The molecule has 0 amide bonds. The van der Waals surface area contributed by atoms with Crippen molar-refractivity contribution in [2.24, 2.45) is 11.3 Å². The van der Waals surface area contributed by atoms with E-state index in [-0.39, 0.29) is 4.91 Å². The number of hydrogen-bond acceptors (Lipinski definition) is 4. The van der Waals surface area contributed by atoms with Gasteiger partial charge in [-0.05, 0) is 37.0 Å². The summed E-state index contributed by atoms with van der Waals surface area (Å²) < 4.78 is 26.2. The van der Waals surface area contributed by atoms with Crippen molar-refractivity contribution < 1.29 is 18.3 Å². The van der Waals surface area contributed by atoms with E-state index in [0.717, 1.165) is 25.7 Å². The molecule has 1 heterocycles. The predicted molar refractivity (Wildman–Crippen MR) is 109 cm³/mol. The number of aliphatic carboxylic acids is 1. The van der Waals surface area contributed by atoms with E-state index in [4.69, 9.17) is 0 Å². The molecule has 1 saturated carbocycles. The first-order chi connectivity index (χ1) is 13.2. The Morgan fingerprint density at radius 2 is 1.93 bits per heavy atom. The van der Waals surface area contributed by atoms with Crippen LogP contribution in [0.1, 0.15) is 39.0 Å². The predicted octanol–water partition coefficient (Wildman–Crippen LogP) is 4.29. The lowest BCUT2D eigenvalue weighted by Gasteiger charge is -2.39. The minimum Gasteiger partial charge on any atom is -0.478 e. The van der Waals surface area contributed by atoms with Gasteiger partial charge in [-0.15, -0.1) is 0 Å². The lowest BCUT2D eigenvalue weighted by molar-refractivity contribution is -0.133. The molecule has 28 heavy (non-hydrogen) atoms. The summed E-state index contributed by atoms with van der Waals surface area (Å²) >= 11 is 0. The molecular formula is C22H25NO4S. The normalized spacial score (nSPS) is 26.9. The standard InChI is InChI=1S/C22H25NO4S/c1-22(16(21(24)25)13-15-7-3-4-8-15)12-11-20-18(14-22)23(2)17-9-5-6-10-19(17)28(20,26)27/h5-6,9-13,15H,3-4,7-8,14H2,1-2H3,(H,24,25)/b16-13-. The summed E-state index contributed by atoms with van der Waals surface area (Å²) in [5, 5.41) is 9.92. The molecule has 2 aliphatic carbocycles. The highest BCUT2D eigenvalue weighted by molar-refractivity contribution is 7.95. The van der Waals surface area contributed by atoms with Gasteiger partial charge >= 0.3 is 5.97 Å². The minimum atomic E-state index is -3.61. The van der Waals surface area contributed by atoms with Crippen molar-refractivity contribution >= 4 is 21.5 Å². The Hall–Kier alpha value is -2.34. The third-order valence-corrected chi connectivity index (χ3v) is 8.16. The van der Waals surface area contributed by atoms with Gasteiger partial charge in [0.15, 0.2) is 0 Å². The molecule has 1 fully saturated rings. The number of carboxylic acid groups (broad SMARTS) is 1. The van der Waals surface area contributed by atoms with Crippen LogP contribution in [0.3, 0.4) is 0 Å². The van der Waals surface area contributed by atoms with Gasteiger partial charge in [0.2, 0.25) is 9.84 Å². The van der Waals surface area contributed by atoms with Crippen molar-refractivity contribution in [3.05, 3.63) is 58.7 Å². The average Bonchev–Trinajstić information content (AvgIpc) is 3.17. The molecule has 4 rings (SSSR count). The lowest BCUT2D eigenvalue weighted by atomic mass is 9.74. The summed E-state index contributed by atoms with van der Waals surface area (Å²) in [5.74, 6) is -0.634. The van der Waals surface area contributed by atoms with E-state index in [0.29, 0.717) is 34.2 Å². The third-order valence-electron chi connectivity index (χ3n) is 6.28. The molecule has 5 nitrogen and oxygen atoms in total. The maximum Gasteiger partial charge on any atom is 0.332 e. The van der Waals surface area contributed by atoms with Crippen molar-refractivity contribution in [1.82, 2.24) is 0 Å². The second-order valence-electron chi connectivity index (χ2n) is 8.20. The number of sulfone groups is 1. The highest BCUT2D eigenvalue weighted by Crippen LogP contribution is 2.48. The maximum absolute atomic E-state index is 13.1. The monoisotopic (exact) mass is 399 g/mol. The smallest absolute Gasteiger partial charge is 0.332 e. The van der Waals surface area contributed by atoms with E-state index < -0.39 is 21.2 Å². The van der Waals surface area contributed by atoms with Gasteiger partial charge in [-0.1, -0.05) is 44.1 Å². The maximum atomic E-state index is 13.1. The van der Waals surface area contributed by atoms with Gasteiger partial charge in [0, 0.05) is 30.2 Å². The highest BCUT2D eigenvalue weighted by Gasteiger charge is 2.42. The molecular weight excluding hydrogens is 374 g/mol. The van der Waals surface area contributed by atoms with Gasteiger partial charge in [0.25, 0.3) is 0 Å². The summed E-state index contributed by atoms with van der Waals surface area (Å²) in [4.78, 5) is 14.6. The number of anilines is 1. The summed E-state index contributed by atoms with van der Waals surface area (Å²) in [5.41, 5.74) is 0.910. The van der Waals surface area contributed by atoms with Gasteiger partial charge < -0.3 is 10.0 Å². The molecule has 148 valence electrons. The van der Waals surface area contributed by atoms with E-state index in [9.17, 15) is 18.3 Å². The van der Waals surface area contributed by atoms with E-state index in [1.165, 1.54) is 0 Å². The molecule has 1 unspecified atom stereocenters. The Morgan fingerprint density at radius 1 is 1.25 bits per heavy atom. The van der Waals surface area contributed by atoms with Crippen LogP contribution in [-0.2, 0) is 14.6 Å². The fraction of sp³-hybridized carbons (Fsp3) is 0.409. The van der Waals surface area contributed by atoms with Crippen LogP contribution in [0.25, 0.3) is 0 Å². The van der Waals surface area contributed by atoms with E-state index >= 15 is 0 Å². The summed E-state index contributed by atoms with van der Waals surface area (Å²) in [7, 11) is -1.76. The lowest BCUT2D eigenvalue weighted by Crippen LogP contribution is -2.35. The van der Waals surface area contributed by atoms with Crippen molar-refractivity contribution in [1.29, 1.82) is 0 Å². The Kier molecular flexibility index (Phi) is 4.49. The number of nitrogens with zero attached hydrogens (tertiary/aromatic N) is 1. The van der Waals surface area contributed by atoms with Crippen molar-refractivity contribution in [2.75, 3.05) is 11.9 Å². The van der Waals surface area contributed by atoms with Crippen LogP contribution in [0.2, 0.25) is 0 Å². The molecule has 1 N–H and O–H groups in total. The first kappa shape index (κ1) is 19.0. The molecule has 0 spiro atoms. The molecule has 0 radical (unpaired) electrons. The van der Waals surface area contributed by atoms with Gasteiger partial charge in [-0.2, -0.15) is 0 Å². The molecule has 6 heteroatoms. The highest BCUT2D eigenvalue weighted by atomic mass is 32.2. The third kappa shape index (κ3) is 2.91. The molecule has 1 atom stereocenters. The molecule has 1 aliphatic heterocycles. The number of para-hydroxylation sites is 1. The van der Waals surface area contributed by atoms with Crippen LogP contribution in [0.4, 0.5) is 5.69 Å². The van der Waals surface area contributed by atoms with Crippen molar-refractivity contribution in [3.63, 3.8) is 0 Å². The molecule has 1 aromatic carbocycles. The quantitative estimate of drug-likeness (QED) is 0.768. The zero-order valence-electron chi connectivity index (χ0n) is 16.2. The van der Waals surface area contributed by atoms with Gasteiger partial charge in [0.05, 0.1) is 15.5 Å². The molecule has 0 bridgehead atoms. The Balaban J connectivity index is 1.78. The SMILES string of the molecule is CN1C2=C(C=CC(C)(/C(=C\C3CCCC3)C(=O)O)C2)S(=O)(=O)c2ccccc21. The average molecular weight is 400 g/mol. The van der Waals surface area contributed by atoms with Crippen LogP contribution in [-0.4, -0.2) is 26.5 Å². The second-order valence-corrected chi connectivity index (χ2v) is 10.1. The van der Waals surface area contributed by atoms with Crippen LogP contribution < -0.4 is 4.90 Å². The topological polar surface area (TPSA) is 74.7 Å². The minimum absolute atomic E-state index is 0.275. The number of benzene rings is 1. The van der Waals surface area contributed by atoms with E-state index in [2.05, 4.69) is 0 Å². The van der Waals surface area contributed by atoms with Crippen molar-refractivity contribution in [3.8, 4) is 0 Å². The van der Waals surface area contributed by atoms with Crippen LogP contribution >= 0.6 is 0 Å². The van der Waals surface area contributed by atoms with E-state index in [1.807, 2.05) is 31.0 Å². The Morgan fingerprint density at radius 3 is 2.61 bits per heavy atom. The fourth-order valence-electron chi connectivity index (χ4n) is 4.65. The Labute approximate surface area is 166 Å². The molecule has 0 saturated heterocycles. The number of carboxylic acids is 1. The first-order valence-corrected chi connectivity index (χ1v) is 11.2. The van der Waals surface area contributed by atoms with Gasteiger partial charge in [-0.25, -0.2) is 13.2 Å². The number of rotatable bonds is 3. The molecule has 3 aliphatic rings. The van der Waals surface area contributed by atoms with Gasteiger partial charge in [0.1, 0.15) is 0 Å². The Bertz CT molecular complexity index is 1030.